The van der Waals surface area contributed by atoms with Crippen LogP contribution in [0.4, 0.5) is 0 Å². The highest BCUT2D eigenvalue weighted by atomic mass is 79.9. The van der Waals surface area contributed by atoms with Crippen molar-refractivity contribution < 1.29 is 17.9 Å². The molecular weight excluding hydrogens is 356 g/mol. The standard InChI is InChI=1S/C15H13BrO4S/c16-14-7-6-13(8-15(14)20-10-11-9-19-11)21(17,18)12-4-2-1-3-5-12/h1-8,11H,9-10H2. The van der Waals surface area contributed by atoms with Crippen LogP contribution < -0.4 is 4.74 Å². The van der Waals surface area contributed by atoms with Crippen LogP contribution in [0.25, 0.3) is 0 Å². The van der Waals surface area contributed by atoms with Crippen LogP contribution in [0.5, 0.6) is 5.75 Å². The van der Waals surface area contributed by atoms with E-state index in [1.807, 2.05) is 0 Å². The van der Waals surface area contributed by atoms with Gasteiger partial charge in [-0.25, -0.2) is 8.42 Å². The highest BCUT2D eigenvalue weighted by Crippen LogP contribution is 2.31. The smallest absolute Gasteiger partial charge is 0.206 e. The number of hydrogen-bond donors (Lipinski definition) is 0. The van der Waals surface area contributed by atoms with Gasteiger partial charge in [0, 0.05) is 6.07 Å². The SMILES string of the molecule is O=S(=O)(c1ccccc1)c1ccc(Br)c(OCC2CO2)c1. The molecule has 0 aromatic heterocycles. The molecule has 1 aliphatic rings. The summed E-state index contributed by atoms with van der Waals surface area (Å²) in [6.07, 6.45) is 0.117. The molecule has 1 unspecified atom stereocenters. The third kappa shape index (κ3) is 3.28. The second-order valence-corrected chi connectivity index (χ2v) is 7.48. The Morgan fingerprint density at radius 1 is 1.14 bits per heavy atom. The Morgan fingerprint density at radius 2 is 1.86 bits per heavy atom. The predicted octanol–water partition coefficient (Wildman–Crippen LogP) is 3.06. The first kappa shape index (κ1) is 14.6. The van der Waals surface area contributed by atoms with Gasteiger partial charge in [-0.3, -0.25) is 0 Å². The minimum Gasteiger partial charge on any atom is -0.490 e. The molecule has 21 heavy (non-hydrogen) atoms. The normalized spacial score (nSPS) is 17.5. The summed E-state index contributed by atoms with van der Waals surface area (Å²) in [5, 5.41) is 0. The number of halogens is 1. The van der Waals surface area contributed by atoms with Crippen LogP contribution in [0.2, 0.25) is 0 Å². The molecule has 1 atom stereocenters. The highest BCUT2D eigenvalue weighted by molar-refractivity contribution is 9.10. The minimum absolute atomic E-state index is 0.117. The van der Waals surface area contributed by atoms with Crippen molar-refractivity contribution >= 4 is 25.8 Å². The molecule has 0 N–H and O–H groups in total. The Hall–Kier alpha value is -1.37. The molecule has 2 aromatic rings. The van der Waals surface area contributed by atoms with E-state index in [4.69, 9.17) is 9.47 Å². The Kier molecular flexibility index (Phi) is 4.01. The molecule has 6 heteroatoms. The zero-order chi connectivity index (χ0) is 14.9. The summed E-state index contributed by atoms with van der Waals surface area (Å²) in [6.45, 7) is 1.12. The van der Waals surface area contributed by atoms with Gasteiger partial charge in [0.15, 0.2) is 0 Å². The Morgan fingerprint density at radius 3 is 2.52 bits per heavy atom. The van der Waals surface area contributed by atoms with Gasteiger partial charge < -0.3 is 9.47 Å². The van der Waals surface area contributed by atoms with Crippen LogP contribution in [-0.4, -0.2) is 27.7 Å². The van der Waals surface area contributed by atoms with E-state index in [-0.39, 0.29) is 15.9 Å². The van der Waals surface area contributed by atoms with Crippen LogP contribution in [-0.2, 0) is 14.6 Å². The molecule has 0 amide bonds. The molecule has 0 saturated carbocycles. The monoisotopic (exact) mass is 368 g/mol. The summed E-state index contributed by atoms with van der Waals surface area (Å²) in [4.78, 5) is 0.479. The number of epoxide rings is 1. The molecule has 0 spiro atoms. The van der Waals surface area contributed by atoms with E-state index in [9.17, 15) is 8.42 Å². The van der Waals surface area contributed by atoms with E-state index < -0.39 is 9.84 Å². The summed E-state index contributed by atoms with van der Waals surface area (Å²) in [7, 11) is -3.53. The number of hydrogen-bond acceptors (Lipinski definition) is 4. The lowest BCUT2D eigenvalue weighted by Crippen LogP contribution is -2.06. The van der Waals surface area contributed by atoms with Gasteiger partial charge in [-0.05, 0) is 40.2 Å². The van der Waals surface area contributed by atoms with Crippen LogP contribution in [0.15, 0.2) is 62.8 Å². The van der Waals surface area contributed by atoms with Crippen LogP contribution in [0, 0.1) is 0 Å². The third-order valence-corrected chi connectivity index (χ3v) is 5.52. The second-order valence-electron chi connectivity index (χ2n) is 4.68. The van der Waals surface area contributed by atoms with Gasteiger partial charge in [0.1, 0.15) is 18.5 Å². The average molecular weight is 369 g/mol. The van der Waals surface area contributed by atoms with E-state index in [1.165, 1.54) is 6.07 Å². The molecule has 110 valence electrons. The summed E-state index contributed by atoms with van der Waals surface area (Å²) in [5.74, 6) is 0.502. The minimum atomic E-state index is -3.53. The topological polar surface area (TPSA) is 55.9 Å². The lowest BCUT2D eigenvalue weighted by molar-refractivity contribution is 0.261. The fraction of sp³-hybridized carbons (Fsp3) is 0.200. The zero-order valence-electron chi connectivity index (χ0n) is 11.0. The van der Waals surface area contributed by atoms with Crippen molar-refractivity contribution in [3.05, 3.63) is 53.0 Å². The summed E-state index contributed by atoms with van der Waals surface area (Å²) in [6, 6.07) is 13.1. The van der Waals surface area contributed by atoms with Gasteiger partial charge in [-0.2, -0.15) is 0 Å². The number of benzene rings is 2. The van der Waals surface area contributed by atoms with E-state index in [0.29, 0.717) is 19.0 Å². The molecule has 1 saturated heterocycles. The predicted molar refractivity (Wildman–Crippen MR) is 81.3 cm³/mol. The average Bonchev–Trinajstić information content (AvgIpc) is 3.31. The molecule has 1 aliphatic heterocycles. The quantitative estimate of drug-likeness (QED) is 0.761. The number of sulfone groups is 1. The van der Waals surface area contributed by atoms with Crippen molar-refractivity contribution in [1.29, 1.82) is 0 Å². The van der Waals surface area contributed by atoms with Crippen molar-refractivity contribution in [3.8, 4) is 5.75 Å². The molecule has 1 fully saturated rings. The lowest BCUT2D eigenvalue weighted by Gasteiger charge is -2.10. The fourth-order valence-corrected chi connectivity index (χ4v) is 3.50. The van der Waals surface area contributed by atoms with E-state index in [2.05, 4.69) is 15.9 Å². The molecule has 3 rings (SSSR count). The Labute approximate surface area is 131 Å². The van der Waals surface area contributed by atoms with E-state index >= 15 is 0 Å². The van der Waals surface area contributed by atoms with Crippen molar-refractivity contribution in [3.63, 3.8) is 0 Å². The molecular formula is C15H13BrO4S. The summed E-state index contributed by atoms with van der Waals surface area (Å²) >= 11 is 3.36. The molecule has 2 aromatic carbocycles. The van der Waals surface area contributed by atoms with Crippen LogP contribution in [0.1, 0.15) is 0 Å². The first-order valence-corrected chi connectivity index (χ1v) is 8.69. The Bertz CT molecular complexity index is 740. The van der Waals surface area contributed by atoms with Gasteiger partial charge in [0.05, 0.1) is 20.9 Å². The zero-order valence-corrected chi connectivity index (χ0v) is 13.4. The first-order chi connectivity index (χ1) is 10.1. The maximum Gasteiger partial charge on any atom is 0.206 e. The molecule has 0 aliphatic carbocycles. The van der Waals surface area contributed by atoms with Gasteiger partial charge >= 0.3 is 0 Å². The molecule has 0 radical (unpaired) electrons. The highest BCUT2D eigenvalue weighted by Gasteiger charge is 2.24. The van der Waals surface area contributed by atoms with Gasteiger partial charge in [0.2, 0.25) is 9.84 Å². The van der Waals surface area contributed by atoms with E-state index in [1.54, 1.807) is 42.5 Å². The number of rotatable bonds is 5. The van der Waals surface area contributed by atoms with Crippen molar-refractivity contribution in [2.75, 3.05) is 13.2 Å². The Balaban J connectivity index is 1.92. The third-order valence-electron chi connectivity index (χ3n) is 3.09. The first-order valence-electron chi connectivity index (χ1n) is 6.41. The van der Waals surface area contributed by atoms with Crippen molar-refractivity contribution in [2.24, 2.45) is 0 Å². The van der Waals surface area contributed by atoms with Gasteiger partial charge in [0.25, 0.3) is 0 Å². The number of ether oxygens (including phenoxy) is 2. The van der Waals surface area contributed by atoms with Crippen molar-refractivity contribution in [2.45, 2.75) is 15.9 Å². The van der Waals surface area contributed by atoms with Crippen LogP contribution >= 0.6 is 15.9 Å². The van der Waals surface area contributed by atoms with Gasteiger partial charge in [-0.15, -0.1) is 0 Å². The second kappa shape index (κ2) is 5.79. The largest absolute Gasteiger partial charge is 0.490 e. The fourth-order valence-electron chi connectivity index (χ4n) is 1.84. The van der Waals surface area contributed by atoms with Crippen molar-refractivity contribution in [1.82, 2.24) is 0 Å². The maximum absolute atomic E-state index is 12.6. The van der Waals surface area contributed by atoms with E-state index in [0.717, 1.165) is 4.47 Å². The molecule has 1 heterocycles. The van der Waals surface area contributed by atoms with Crippen LogP contribution in [0.3, 0.4) is 0 Å². The van der Waals surface area contributed by atoms with Gasteiger partial charge in [-0.1, -0.05) is 18.2 Å². The summed E-state index contributed by atoms with van der Waals surface area (Å²) in [5.41, 5.74) is 0. The maximum atomic E-state index is 12.6. The lowest BCUT2D eigenvalue weighted by atomic mass is 10.3. The summed E-state index contributed by atoms with van der Waals surface area (Å²) < 4.78 is 36.5. The molecule has 4 nitrogen and oxygen atoms in total. The molecule has 0 bridgehead atoms.